The van der Waals surface area contributed by atoms with Crippen molar-refractivity contribution >= 4 is 14.8 Å². The number of carboxylic acids is 1. The summed E-state index contributed by atoms with van der Waals surface area (Å²) in [6, 6.07) is 4.70. The molecule has 1 N–H and O–H groups in total. The number of hydrogen-bond acceptors (Lipinski definition) is 1. The van der Waals surface area contributed by atoms with Crippen LogP contribution >= 0.6 is 0 Å². The van der Waals surface area contributed by atoms with Crippen molar-refractivity contribution in [1.29, 1.82) is 0 Å². The zero-order chi connectivity index (χ0) is 14.5. The molecule has 116 valence electrons. The van der Waals surface area contributed by atoms with Gasteiger partial charge in [-0.05, 0) is 43.4 Å². The predicted molar refractivity (Wildman–Crippen MR) is 86.8 cm³/mol. The first-order valence-electron chi connectivity index (χ1n) is 8.79. The summed E-state index contributed by atoms with van der Waals surface area (Å²) in [5.74, 6) is 2.07. The van der Waals surface area contributed by atoms with Crippen molar-refractivity contribution in [3.63, 3.8) is 0 Å². The molecule has 0 amide bonds. The van der Waals surface area contributed by atoms with Crippen LogP contribution in [0.5, 0.6) is 0 Å². The Morgan fingerprint density at radius 3 is 2.10 bits per heavy atom. The lowest BCUT2D eigenvalue weighted by Gasteiger charge is -2.37. The number of hydrogen-bond donors (Lipinski definition) is 1. The van der Waals surface area contributed by atoms with Gasteiger partial charge in [0.1, 0.15) is 0 Å². The molecule has 1 aliphatic heterocycles. The number of aliphatic carboxylic acids is 1. The fraction of sp³-hybridized carbons (Fsp3) is 0.941. The average Bonchev–Trinajstić information content (AvgIpc) is 2.46. The standard InChI is InChI=1S/C17H32O2Si/c1-13(2)7-10-20-11-8-15(9-12-20)14-3-5-16(6-4-14)17(18)19/h13-16,20H,3-12H2,1-2H3,(H,18,19)/t14-,15?,16-,20?. The number of carboxylic acid groups (broad SMARTS) is 1. The molecule has 2 fully saturated rings. The Hall–Kier alpha value is -0.313. The van der Waals surface area contributed by atoms with Crippen molar-refractivity contribution in [3.05, 3.63) is 0 Å². The van der Waals surface area contributed by atoms with Crippen LogP contribution in [0.15, 0.2) is 0 Å². The highest BCUT2D eigenvalue weighted by molar-refractivity contribution is 6.58. The van der Waals surface area contributed by atoms with Crippen molar-refractivity contribution in [2.24, 2.45) is 23.7 Å². The Labute approximate surface area is 126 Å². The van der Waals surface area contributed by atoms with E-state index in [1.165, 1.54) is 32.1 Å². The summed E-state index contributed by atoms with van der Waals surface area (Å²) in [4.78, 5) is 11.0. The van der Waals surface area contributed by atoms with E-state index >= 15 is 0 Å². The van der Waals surface area contributed by atoms with E-state index in [0.717, 1.165) is 30.6 Å². The van der Waals surface area contributed by atoms with Gasteiger partial charge in [0.05, 0.1) is 5.92 Å². The topological polar surface area (TPSA) is 37.3 Å². The molecular weight excluding hydrogens is 264 g/mol. The predicted octanol–water partition coefficient (Wildman–Crippen LogP) is 4.56. The molecule has 0 aromatic heterocycles. The molecule has 2 rings (SSSR count). The first-order chi connectivity index (χ1) is 9.56. The third-order valence-electron chi connectivity index (χ3n) is 5.83. The Morgan fingerprint density at radius 1 is 1.05 bits per heavy atom. The van der Waals surface area contributed by atoms with Gasteiger partial charge in [0, 0.05) is 8.80 Å². The average molecular weight is 297 g/mol. The molecule has 1 saturated heterocycles. The van der Waals surface area contributed by atoms with Gasteiger partial charge in [0.2, 0.25) is 0 Å². The van der Waals surface area contributed by atoms with E-state index in [2.05, 4.69) is 13.8 Å². The summed E-state index contributed by atoms with van der Waals surface area (Å²) in [6.45, 7) is 4.70. The van der Waals surface area contributed by atoms with Crippen LogP contribution in [-0.4, -0.2) is 19.9 Å². The minimum Gasteiger partial charge on any atom is -0.481 e. The third-order valence-corrected chi connectivity index (χ3v) is 9.28. The molecule has 2 nitrogen and oxygen atoms in total. The lowest BCUT2D eigenvalue weighted by atomic mass is 9.74. The fourth-order valence-corrected chi connectivity index (χ4v) is 8.16. The molecule has 0 aromatic rings. The van der Waals surface area contributed by atoms with Gasteiger partial charge >= 0.3 is 5.97 Å². The van der Waals surface area contributed by atoms with Gasteiger partial charge in [-0.3, -0.25) is 4.79 Å². The largest absolute Gasteiger partial charge is 0.481 e. The first-order valence-corrected chi connectivity index (χ1v) is 11.2. The lowest BCUT2D eigenvalue weighted by Crippen LogP contribution is -2.30. The van der Waals surface area contributed by atoms with Crippen LogP contribution in [0, 0.1) is 23.7 Å². The molecule has 0 radical (unpaired) electrons. The van der Waals surface area contributed by atoms with Crippen molar-refractivity contribution < 1.29 is 9.90 Å². The monoisotopic (exact) mass is 296 g/mol. The van der Waals surface area contributed by atoms with Gasteiger partial charge < -0.3 is 5.11 Å². The second-order valence-electron chi connectivity index (χ2n) is 7.70. The maximum absolute atomic E-state index is 11.0. The van der Waals surface area contributed by atoms with Crippen LogP contribution in [0.25, 0.3) is 0 Å². The van der Waals surface area contributed by atoms with E-state index in [0.29, 0.717) is 0 Å². The van der Waals surface area contributed by atoms with Gasteiger partial charge in [0.15, 0.2) is 0 Å². The van der Waals surface area contributed by atoms with Crippen LogP contribution in [0.3, 0.4) is 0 Å². The highest BCUT2D eigenvalue weighted by atomic mass is 28.3. The van der Waals surface area contributed by atoms with E-state index in [1.54, 1.807) is 18.1 Å². The Morgan fingerprint density at radius 2 is 1.60 bits per heavy atom. The second-order valence-corrected chi connectivity index (χ2v) is 11.2. The van der Waals surface area contributed by atoms with Crippen LogP contribution in [0.4, 0.5) is 0 Å². The molecule has 0 unspecified atom stereocenters. The van der Waals surface area contributed by atoms with Crippen molar-refractivity contribution in [3.8, 4) is 0 Å². The molecule has 1 aliphatic carbocycles. The molecule has 20 heavy (non-hydrogen) atoms. The summed E-state index contributed by atoms with van der Waals surface area (Å²) in [5.41, 5.74) is 0. The molecular formula is C17H32O2Si. The molecule has 0 spiro atoms. The second kappa shape index (κ2) is 7.63. The summed E-state index contributed by atoms with van der Waals surface area (Å²) in [5, 5.41) is 9.08. The Bertz CT molecular complexity index is 300. The molecule has 3 heteroatoms. The smallest absolute Gasteiger partial charge is 0.306 e. The zero-order valence-electron chi connectivity index (χ0n) is 13.3. The quantitative estimate of drug-likeness (QED) is 0.755. The van der Waals surface area contributed by atoms with E-state index in [-0.39, 0.29) is 5.92 Å². The Kier molecular flexibility index (Phi) is 6.13. The lowest BCUT2D eigenvalue weighted by molar-refractivity contribution is -0.143. The maximum Gasteiger partial charge on any atom is 0.306 e. The molecule has 0 aromatic carbocycles. The van der Waals surface area contributed by atoms with Crippen LogP contribution in [-0.2, 0) is 4.79 Å². The Balaban J connectivity index is 1.68. The normalized spacial score (nSPS) is 35.1. The van der Waals surface area contributed by atoms with Crippen LogP contribution in [0.2, 0.25) is 18.1 Å². The summed E-state index contributed by atoms with van der Waals surface area (Å²) >= 11 is 0. The molecule has 0 bridgehead atoms. The van der Waals surface area contributed by atoms with Crippen molar-refractivity contribution in [1.82, 2.24) is 0 Å². The first kappa shape index (κ1) is 16.1. The third kappa shape index (κ3) is 4.61. The van der Waals surface area contributed by atoms with E-state index < -0.39 is 14.8 Å². The van der Waals surface area contributed by atoms with Gasteiger partial charge in [-0.1, -0.05) is 51.2 Å². The van der Waals surface area contributed by atoms with Gasteiger partial charge in [-0.2, -0.15) is 0 Å². The van der Waals surface area contributed by atoms with Crippen LogP contribution < -0.4 is 0 Å². The van der Waals surface area contributed by atoms with Gasteiger partial charge in [-0.15, -0.1) is 0 Å². The van der Waals surface area contributed by atoms with Crippen molar-refractivity contribution in [2.45, 2.75) is 76.9 Å². The van der Waals surface area contributed by atoms with Gasteiger partial charge in [-0.25, -0.2) is 0 Å². The highest BCUT2D eigenvalue weighted by Crippen LogP contribution is 2.41. The number of carbonyl (C=O) groups is 1. The minimum absolute atomic E-state index is 0.0389. The van der Waals surface area contributed by atoms with Crippen molar-refractivity contribution in [2.75, 3.05) is 0 Å². The zero-order valence-corrected chi connectivity index (χ0v) is 14.5. The van der Waals surface area contributed by atoms with E-state index in [9.17, 15) is 4.79 Å². The molecule has 2 aliphatic rings. The van der Waals surface area contributed by atoms with E-state index in [4.69, 9.17) is 5.11 Å². The summed E-state index contributed by atoms with van der Waals surface area (Å²) in [7, 11) is -0.398. The van der Waals surface area contributed by atoms with Gasteiger partial charge in [0.25, 0.3) is 0 Å². The SMILES string of the molecule is CC(C)CC[SiH]1CCC([C@H]2CC[C@H](C(=O)O)CC2)CC1. The minimum atomic E-state index is -0.562. The fourth-order valence-electron chi connectivity index (χ4n) is 4.35. The van der Waals surface area contributed by atoms with E-state index in [1.807, 2.05) is 0 Å². The number of rotatable bonds is 5. The van der Waals surface area contributed by atoms with Crippen LogP contribution in [0.1, 0.15) is 58.8 Å². The highest BCUT2D eigenvalue weighted by Gasteiger charge is 2.32. The maximum atomic E-state index is 11.0. The molecule has 1 heterocycles. The molecule has 1 saturated carbocycles. The molecule has 0 atom stereocenters. The summed E-state index contributed by atoms with van der Waals surface area (Å²) < 4.78 is 0. The summed E-state index contributed by atoms with van der Waals surface area (Å²) in [6.07, 6.45) is 8.62.